The third-order valence-electron chi connectivity index (χ3n) is 5.20. The molecule has 0 spiro atoms. The Morgan fingerprint density at radius 2 is 2.14 bits per heavy atom. The molecule has 2 fully saturated rings. The van der Waals surface area contributed by atoms with E-state index in [0.29, 0.717) is 6.04 Å². The number of rotatable bonds is 5. The maximum atomic E-state index is 4.65. The first-order valence-electron chi connectivity index (χ1n) is 8.65. The Morgan fingerprint density at radius 3 is 2.90 bits per heavy atom. The molecule has 0 amide bonds. The van der Waals surface area contributed by atoms with Gasteiger partial charge in [0.2, 0.25) is 0 Å². The van der Waals surface area contributed by atoms with Crippen molar-refractivity contribution in [3.05, 3.63) is 29.6 Å². The van der Waals surface area contributed by atoms with Crippen molar-refractivity contribution in [3.63, 3.8) is 0 Å². The molecule has 3 heteroatoms. The van der Waals surface area contributed by atoms with E-state index in [0.717, 1.165) is 30.7 Å². The Morgan fingerprint density at radius 1 is 1.29 bits per heavy atom. The van der Waals surface area contributed by atoms with Crippen LogP contribution in [0.5, 0.6) is 0 Å². The molecule has 21 heavy (non-hydrogen) atoms. The molecule has 0 radical (unpaired) electrons. The maximum absolute atomic E-state index is 4.65. The molecule has 1 saturated heterocycles. The lowest BCUT2D eigenvalue weighted by molar-refractivity contribution is 0.247. The van der Waals surface area contributed by atoms with Crippen LogP contribution in [0.15, 0.2) is 18.2 Å². The van der Waals surface area contributed by atoms with E-state index in [9.17, 15) is 0 Å². The van der Waals surface area contributed by atoms with Crippen LogP contribution < -0.4 is 5.32 Å². The van der Waals surface area contributed by atoms with Crippen LogP contribution in [0.3, 0.4) is 0 Å². The molecule has 1 N–H and O–H groups in total. The first-order valence-corrected chi connectivity index (χ1v) is 8.65. The minimum atomic E-state index is 0.683. The molecule has 3 unspecified atom stereocenters. The Labute approximate surface area is 129 Å². The van der Waals surface area contributed by atoms with Gasteiger partial charge in [-0.25, -0.2) is 0 Å². The lowest BCUT2D eigenvalue weighted by Crippen LogP contribution is -2.40. The quantitative estimate of drug-likeness (QED) is 0.902. The molecule has 3 nitrogen and oxygen atoms in total. The van der Waals surface area contributed by atoms with E-state index in [2.05, 4.69) is 47.2 Å². The summed E-state index contributed by atoms with van der Waals surface area (Å²) in [5, 5.41) is 3.89. The van der Waals surface area contributed by atoms with E-state index in [1.165, 1.54) is 44.3 Å². The number of nitrogens with one attached hydrogen (secondary N) is 1. The molecule has 0 bridgehead atoms. The van der Waals surface area contributed by atoms with Crippen molar-refractivity contribution in [3.8, 4) is 0 Å². The normalized spacial score (nSPS) is 28.8. The summed E-state index contributed by atoms with van der Waals surface area (Å²) in [7, 11) is 0. The van der Waals surface area contributed by atoms with Gasteiger partial charge in [0.05, 0.1) is 5.69 Å². The summed E-state index contributed by atoms with van der Waals surface area (Å²) in [6, 6.07) is 7.83. The lowest BCUT2D eigenvalue weighted by Gasteiger charge is -2.25. The maximum Gasteiger partial charge on any atom is 0.0547 e. The summed E-state index contributed by atoms with van der Waals surface area (Å²) in [5.74, 6) is 0.944. The van der Waals surface area contributed by atoms with Crippen LogP contribution in [0, 0.1) is 12.8 Å². The summed E-state index contributed by atoms with van der Waals surface area (Å²) >= 11 is 0. The van der Waals surface area contributed by atoms with Crippen molar-refractivity contribution in [2.24, 2.45) is 5.92 Å². The predicted molar refractivity (Wildman–Crippen MR) is 87.2 cm³/mol. The van der Waals surface area contributed by atoms with Gasteiger partial charge in [-0.05, 0) is 50.8 Å². The molecule has 1 saturated carbocycles. The van der Waals surface area contributed by atoms with Crippen LogP contribution in [0.1, 0.15) is 50.4 Å². The molecule has 2 aliphatic rings. The minimum Gasteiger partial charge on any atom is -0.310 e. The van der Waals surface area contributed by atoms with Crippen molar-refractivity contribution in [1.29, 1.82) is 0 Å². The summed E-state index contributed by atoms with van der Waals surface area (Å²) in [5.41, 5.74) is 2.32. The molecule has 3 atom stereocenters. The molecule has 1 aromatic rings. The fraction of sp³-hybridized carbons (Fsp3) is 0.722. The molecule has 1 aromatic heterocycles. The number of nitrogens with zero attached hydrogens (tertiary/aromatic N) is 2. The number of aryl methyl sites for hydroxylation is 1. The van der Waals surface area contributed by atoms with E-state index in [4.69, 9.17) is 0 Å². The summed E-state index contributed by atoms with van der Waals surface area (Å²) in [4.78, 5) is 7.18. The van der Waals surface area contributed by atoms with Crippen LogP contribution in [-0.2, 0) is 6.54 Å². The smallest absolute Gasteiger partial charge is 0.0547 e. The molecule has 2 heterocycles. The number of hydrogen-bond acceptors (Lipinski definition) is 3. The van der Waals surface area contributed by atoms with Crippen molar-refractivity contribution in [2.45, 2.75) is 64.6 Å². The standard InChI is InChI=1S/C18H29N3/c1-3-21(12-16-9-6-7-14(2)19-16)13-17-11-15-8-4-5-10-18(15)20-17/h6-7,9,15,17-18,20H,3-5,8,10-13H2,1-2H3. The fourth-order valence-corrected chi connectivity index (χ4v) is 4.11. The summed E-state index contributed by atoms with van der Waals surface area (Å²) in [6.07, 6.45) is 7.08. The Kier molecular flexibility index (Phi) is 4.91. The predicted octanol–water partition coefficient (Wildman–Crippen LogP) is 3.13. The average Bonchev–Trinajstić information content (AvgIpc) is 2.89. The topological polar surface area (TPSA) is 28.2 Å². The van der Waals surface area contributed by atoms with E-state index >= 15 is 0 Å². The molecular weight excluding hydrogens is 258 g/mol. The van der Waals surface area contributed by atoms with Crippen LogP contribution in [-0.4, -0.2) is 35.1 Å². The zero-order valence-corrected chi connectivity index (χ0v) is 13.5. The molecule has 1 aliphatic heterocycles. The van der Waals surface area contributed by atoms with Crippen LogP contribution in [0.25, 0.3) is 0 Å². The number of pyridine rings is 1. The number of fused-ring (bicyclic) bond motifs is 1. The highest BCUT2D eigenvalue weighted by Gasteiger charge is 2.35. The number of likely N-dealkylation sites (N-methyl/N-ethyl adjacent to an activating group) is 1. The molecule has 3 rings (SSSR count). The SMILES string of the molecule is CCN(Cc1cccc(C)n1)CC1CC2CCCCC2N1. The average molecular weight is 287 g/mol. The second-order valence-electron chi connectivity index (χ2n) is 6.85. The summed E-state index contributed by atoms with van der Waals surface area (Å²) < 4.78 is 0. The van der Waals surface area contributed by atoms with E-state index < -0.39 is 0 Å². The second kappa shape index (κ2) is 6.89. The summed E-state index contributed by atoms with van der Waals surface area (Å²) in [6.45, 7) is 7.58. The van der Waals surface area contributed by atoms with Gasteiger partial charge in [-0.2, -0.15) is 0 Å². The zero-order valence-electron chi connectivity index (χ0n) is 13.5. The van der Waals surface area contributed by atoms with Crippen LogP contribution in [0.4, 0.5) is 0 Å². The van der Waals surface area contributed by atoms with Crippen LogP contribution >= 0.6 is 0 Å². The van der Waals surface area contributed by atoms with Crippen molar-refractivity contribution >= 4 is 0 Å². The van der Waals surface area contributed by atoms with Gasteiger partial charge < -0.3 is 5.32 Å². The molecule has 116 valence electrons. The Bertz CT molecular complexity index is 446. The van der Waals surface area contributed by atoms with Gasteiger partial charge in [-0.1, -0.05) is 25.8 Å². The highest BCUT2D eigenvalue weighted by atomic mass is 15.2. The lowest BCUT2D eigenvalue weighted by atomic mass is 9.85. The van der Waals surface area contributed by atoms with Crippen LogP contribution in [0.2, 0.25) is 0 Å². The van der Waals surface area contributed by atoms with Gasteiger partial charge in [-0.3, -0.25) is 9.88 Å². The molecular formula is C18H29N3. The number of aromatic nitrogens is 1. The van der Waals surface area contributed by atoms with Crippen molar-refractivity contribution in [2.75, 3.05) is 13.1 Å². The van der Waals surface area contributed by atoms with Gasteiger partial charge in [0.15, 0.2) is 0 Å². The van der Waals surface area contributed by atoms with Gasteiger partial charge in [0.1, 0.15) is 0 Å². The number of hydrogen-bond donors (Lipinski definition) is 1. The fourth-order valence-electron chi connectivity index (χ4n) is 4.11. The third kappa shape index (κ3) is 3.83. The molecule has 0 aromatic carbocycles. The highest BCUT2D eigenvalue weighted by molar-refractivity contribution is 5.10. The highest BCUT2D eigenvalue weighted by Crippen LogP contribution is 2.33. The monoisotopic (exact) mass is 287 g/mol. The Balaban J connectivity index is 1.55. The van der Waals surface area contributed by atoms with E-state index in [-0.39, 0.29) is 0 Å². The second-order valence-corrected chi connectivity index (χ2v) is 6.85. The Hall–Kier alpha value is -0.930. The zero-order chi connectivity index (χ0) is 14.7. The first-order chi connectivity index (χ1) is 10.2. The van der Waals surface area contributed by atoms with E-state index in [1.807, 2.05) is 0 Å². The van der Waals surface area contributed by atoms with Gasteiger partial charge >= 0.3 is 0 Å². The largest absolute Gasteiger partial charge is 0.310 e. The third-order valence-corrected chi connectivity index (χ3v) is 5.20. The first kappa shape index (κ1) is 15.0. The minimum absolute atomic E-state index is 0.683. The van der Waals surface area contributed by atoms with Gasteiger partial charge in [0.25, 0.3) is 0 Å². The van der Waals surface area contributed by atoms with Crippen molar-refractivity contribution < 1.29 is 0 Å². The van der Waals surface area contributed by atoms with Gasteiger partial charge in [0, 0.05) is 30.9 Å². The van der Waals surface area contributed by atoms with E-state index in [1.54, 1.807) is 0 Å². The van der Waals surface area contributed by atoms with Crippen molar-refractivity contribution in [1.82, 2.24) is 15.2 Å². The molecule has 1 aliphatic carbocycles. The van der Waals surface area contributed by atoms with Gasteiger partial charge in [-0.15, -0.1) is 0 Å².